The number of hydrogen-bond donors (Lipinski definition) is 0. The Kier molecular flexibility index (Phi) is 3.77. The zero-order chi connectivity index (χ0) is 11.7. The Hall–Kier alpha value is -0.530. The second-order valence-electron chi connectivity index (χ2n) is 2.27. The molecule has 0 fully saturated rings. The summed E-state index contributed by atoms with van der Waals surface area (Å²) in [4.78, 5) is 10.3. The fourth-order valence-corrected chi connectivity index (χ4v) is 0.882. The van der Waals surface area contributed by atoms with E-state index in [1.54, 1.807) is 0 Å². The number of allylic oxidation sites excluding steroid dienone is 2. The highest BCUT2D eigenvalue weighted by atomic mass is 79.9. The fraction of sp³-hybridized carbons (Fsp3) is 0.500. The van der Waals surface area contributed by atoms with Crippen molar-refractivity contribution in [3.8, 4) is 0 Å². The summed E-state index contributed by atoms with van der Waals surface area (Å²) >= 11 is 2.03. The predicted molar refractivity (Wildman–Crippen MR) is 38.7 cm³/mol. The molecule has 0 atom stereocenters. The average molecular weight is 285 g/mol. The van der Waals surface area contributed by atoms with Crippen molar-refractivity contribution in [3.63, 3.8) is 0 Å². The molecule has 14 heavy (non-hydrogen) atoms. The Bertz CT molecular complexity index is 257. The molecule has 0 aromatic carbocycles. The van der Waals surface area contributed by atoms with E-state index in [1.165, 1.54) is 0 Å². The molecule has 0 amide bonds. The van der Waals surface area contributed by atoms with Crippen molar-refractivity contribution in [1.29, 1.82) is 0 Å². The number of halogens is 7. The molecule has 0 unspecified atom stereocenters. The Morgan fingerprint density at radius 3 is 1.36 bits per heavy atom. The molecular formula is C6H3BrF6O. The van der Waals surface area contributed by atoms with Gasteiger partial charge >= 0.3 is 12.4 Å². The summed E-state index contributed by atoms with van der Waals surface area (Å²) in [5.74, 6) is 0. The molecule has 8 heteroatoms. The van der Waals surface area contributed by atoms with E-state index in [2.05, 4.69) is 0 Å². The highest BCUT2D eigenvalue weighted by molar-refractivity contribution is 9.18. The molecule has 0 spiro atoms. The van der Waals surface area contributed by atoms with Gasteiger partial charge < -0.3 is 0 Å². The molecule has 0 aliphatic carbocycles. The van der Waals surface area contributed by atoms with Crippen LogP contribution < -0.4 is 0 Å². The van der Waals surface area contributed by atoms with Crippen molar-refractivity contribution in [2.75, 3.05) is 0 Å². The molecule has 0 saturated carbocycles. The lowest BCUT2D eigenvalue weighted by Gasteiger charge is -2.16. The number of carbonyl (C=O) groups excluding carboxylic acids is 1. The molecule has 0 rings (SSSR count). The second-order valence-corrected chi connectivity index (χ2v) is 2.99. The van der Waals surface area contributed by atoms with E-state index in [0.717, 1.165) is 0 Å². The van der Waals surface area contributed by atoms with Crippen LogP contribution in [0.25, 0.3) is 0 Å². The lowest BCUT2D eigenvalue weighted by atomic mass is 10.1. The van der Waals surface area contributed by atoms with Crippen LogP contribution in [0.15, 0.2) is 11.1 Å². The quantitative estimate of drug-likeness (QED) is 0.410. The molecule has 82 valence electrons. The van der Waals surface area contributed by atoms with Gasteiger partial charge in [-0.3, -0.25) is 4.79 Å². The van der Waals surface area contributed by atoms with E-state index in [0.29, 0.717) is 6.92 Å². The molecule has 0 aromatic rings. The van der Waals surface area contributed by atoms with E-state index < -0.39 is 28.2 Å². The standard InChI is InChI=1S/C6H3BrF6O/c1-2(4(7)14)3(5(8,9)10)6(11,12)13/h1H3. The van der Waals surface area contributed by atoms with Crippen LogP contribution >= 0.6 is 15.9 Å². The first-order valence-corrected chi connectivity index (χ1v) is 3.82. The summed E-state index contributed by atoms with van der Waals surface area (Å²) in [6, 6.07) is 0. The van der Waals surface area contributed by atoms with Crippen molar-refractivity contribution < 1.29 is 31.1 Å². The minimum Gasteiger partial charge on any atom is -0.281 e. The van der Waals surface area contributed by atoms with Crippen LogP contribution in [0.3, 0.4) is 0 Å². The lowest BCUT2D eigenvalue weighted by Crippen LogP contribution is -2.28. The Morgan fingerprint density at radius 2 is 1.29 bits per heavy atom. The van der Waals surface area contributed by atoms with Gasteiger partial charge in [-0.05, 0) is 22.9 Å². The van der Waals surface area contributed by atoms with Gasteiger partial charge in [0, 0.05) is 5.57 Å². The monoisotopic (exact) mass is 284 g/mol. The second kappa shape index (κ2) is 3.92. The first-order chi connectivity index (χ1) is 5.98. The van der Waals surface area contributed by atoms with Gasteiger partial charge in [0.2, 0.25) is 4.69 Å². The van der Waals surface area contributed by atoms with E-state index in [9.17, 15) is 31.1 Å². The highest BCUT2D eigenvalue weighted by Crippen LogP contribution is 2.40. The third-order valence-corrected chi connectivity index (χ3v) is 1.83. The van der Waals surface area contributed by atoms with Crippen molar-refractivity contribution in [3.05, 3.63) is 11.1 Å². The molecule has 0 N–H and O–H groups in total. The zero-order valence-corrected chi connectivity index (χ0v) is 8.14. The fourth-order valence-electron chi connectivity index (χ4n) is 0.684. The summed E-state index contributed by atoms with van der Waals surface area (Å²) in [6.07, 6.45) is -11.2. The first-order valence-electron chi connectivity index (χ1n) is 3.03. The number of rotatable bonds is 1. The minimum atomic E-state index is -5.59. The Morgan fingerprint density at radius 1 is 1.00 bits per heavy atom. The van der Waals surface area contributed by atoms with Gasteiger partial charge in [0.1, 0.15) is 5.57 Å². The molecule has 0 aliphatic rings. The maximum absolute atomic E-state index is 11.9. The van der Waals surface area contributed by atoms with Crippen molar-refractivity contribution in [1.82, 2.24) is 0 Å². The van der Waals surface area contributed by atoms with Crippen LogP contribution in [0.5, 0.6) is 0 Å². The maximum Gasteiger partial charge on any atom is 0.421 e. The topological polar surface area (TPSA) is 17.1 Å². The van der Waals surface area contributed by atoms with Gasteiger partial charge in [0.25, 0.3) is 0 Å². The van der Waals surface area contributed by atoms with E-state index in [1.807, 2.05) is 15.9 Å². The molecule has 0 bridgehead atoms. The van der Waals surface area contributed by atoms with Crippen LogP contribution in [0.1, 0.15) is 6.92 Å². The molecule has 0 aromatic heterocycles. The van der Waals surface area contributed by atoms with Gasteiger partial charge in [-0.25, -0.2) is 0 Å². The molecule has 0 heterocycles. The minimum absolute atomic E-state index is 0.452. The summed E-state index contributed by atoms with van der Waals surface area (Å²) in [6.45, 7) is 0.452. The van der Waals surface area contributed by atoms with Gasteiger partial charge in [-0.15, -0.1) is 0 Å². The lowest BCUT2D eigenvalue weighted by molar-refractivity contribution is -0.173. The summed E-state index contributed by atoms with van der Waals surface area (Å²) in [5, 5.41) is 0. The maximum atomic E-state index is 11.9. The number of hydrogen-bond acceptors (Lipinski definition) is 1. The van der Waals surface area contributed by atoms with Gasteiger partial charge in [-0.1, -0.05) is 0 Å². The van der Waals surface area contributed by atoms with E-state index in [4.69, 9.17) is 0 Å². The molecule has 0 saturated heterocycles. The van der Waals surface area contributed by atoms with Crippen LogP contribution in [-0.4, -0.2) is 17.0 Å². The summed E-state index contributed by atoms with van der Waals surface area (Å²) < 4.78 is 69.8. The number of alkyl halides is 6. The Balaban J connectivity index is 5.57. The van der Waals surface area contributed by atoms with Crippen LogP contribution in [-0.2, 0) is 4.79 Å². The van der Waals surface area contributed by atoms with Gasteiger partial charge in [-0.2, -0.15) is 26.3 Å². The molecule has 1 nitrogen and oxygen atoms in total. The first kappa shape index (κ1) is 13.5. The van der Waals surface area contributed by atoms with Crippen LogP contribution in [0.4, 0.5) is 26.3 Å². The van der Waals surface area contributed by atoms with Gasteiger partial charge in [0.15, 0.2) is 0 Å². The summed E-state index contributed by atoms with van der Waals surface area (Å²) in [5.41, 5.74) is -4.20. The van der Waals surface area contributed by atoms with Crippen molar-refractivity contribution in [2.24, 2.45) is 0 Å². The number of carbonyl (C=O) groups is 1. The highest BCUT2D eigenvalue weighted by Gasteiger charge is 2.52. The average Bonchev–Trinajstić information content (AvgIpc) is 1.79. The summed E-state index contributed by atoms with van der Waals surface area (Å²) in [7, 11) is 0. The van der Waals surface area contributed by atoms with Crippen molar-refractivity contribution >= 4 is 20.6 Å². The zero-order valence-electron chi connectivity index (χ0n) is 6.55. The SMILES string of the molecule is CC(C(=O)Br)=C(C(F)(F)F)C(F)(F)F. The van der Waals surface area contributed by atoms with Crippen LogP contribution in [0, 0.1) is 0 Å². The van der Waals surface area contributed by atoms with Crippen molar-refractivity contribution in [2.45, 2.75) is 19.3 Å². The normalized spacial score (nSPS) is 12.6. The third-order valence-electron chi connectivity index (χ3n) is 1.24. The van der Waals surface area contributed by atoms with Gasteiger partial charge in [0.05, 0.1) is 0 Å². The third kappa shape index (κ3) is 3.32. The predicted octanol–water partition coefficient (Wildman–Crippen LogP) is 3.35. The molecule has 0 radical (unpaired) electrons. The van der Waals surface area contributed by atoms with E-state index in [-0.39, 0.29) is 0 Å². The Labute approximate surface area is 82.9 Å². The molecular weight excluding hydrogens is 282 g/mol. The largest absolute Gasteiger partial charge is 0.421 e. The van der Waals surface area contributed by atoms with Crippen LogP contribution in [0.2, 0.25) is 0 Å². The smallest absolute Gasteiger partial charge is 0.281 e. The van der Waals surface area contributed by atoms with E-state index >= 15 is 0 Å². The molecule has 0 aliphatic heterocycles.